The first-order valence-corrected chi connectivity index (χ1v) is 9.34. The smallest absolute Gasteiger partial charge is 0.228 e. The van der Waals surface area contributed by atoms with Crippen LogP contribution in [0.4, 0.5) is 15.8 Å². The van der Waals surface area contributed by atoms with Crippen molar-refractivity contribution in [1.29, 1.82) is 0 Å². The maximum Gasteiger partial charge on any atom is 0.228 e. The minimum Gasteiger partial charge on any atom is -0.378 e. The number of hydrogen-bond donors (Lipinski definition) is 0. The van der Waals surface area contributed by atoms with Gasteiger partial charge in [0.2, 0.25) is 11.8 Å². The second-order valence-electron chi connectivity index (χ2n) is 7.62. The zero-order chi connectivity index (χ0) is 20.4. The first-order chi connectivity index (χ1) is 13.3. The highest BCUT2D eigenvalue weighted by Gasteiger charge is 2.37. The van der Waals surface area contributed by atoms with Crippen molar-refractivity contribution in [1.82, 2.24) is 4.90 Å². The maximum atomic E-state index is 14.2. The molecular formula is C22H26FN3O2. The van der Waals surface area contributed by atoms with Gasteiger partial charge in [0.25, 0.3) is 0 Å². The summed E-state index contributed by atoms with van der Waals surface area (Å²) in [5.41, 5.74) is 3.15. The molecule has 1 aliphatic heterocycles. The van der Waals surface area contributed by atoms with Crippen molar-refractivity contribution in [3.63, 3.8) is 0 Å². The van der Waals surface area contributed by atoms with E-state index in [0.29, 0.717) is 6.54 Å². The molecule has 0 saturated carbocycles. The predicted molar refractivity (Wildman–Crippen MR) is 109 cm³/mol. The molecule has 1 aliphatic rings. The molecule has 6 heteroatoms. The molecule has 1 heterocycles. The maximum absolute atomic E-state index is 14.2. The van der Waals surface area contributed by atoms with Crippen molar-refractivity contribution in [3.8, 4) is 0 Å². The van der Waals surface area contributed by atoms with E-state index in [1.165, 1.54) is 11.0 Å². The Balaban J connectivity index is 1.66. The van der Waals surface area contributed by atoms with Crippen molar-refractivity contribution in [2.45, 2.75) is 19.9 Å². The number of carbonyl (C=O) groups excluding carboxylic acids is 2. The fraction of sp³-hybridized carbons (Fsp3) is 0.364. The van der Waals surface area contributed by atoms with Crippen LogP contribution in [0.25, 0.3) is 0 Å². The number of benzene rings is 2. The Morgan fingerprint density at radius 2 is 1.82 bits per heavy atom. The molecule has 1 atom stereocenters. The topological polar surface area (TPSA) is 43.9 Å². The quantitative estimate of drug-likeness (QED) is 0.796. The van der Waals surface area contributed by atoms with Crippen LogP contribution in [0.15, 0.2) is 42.5 Å². The largest absolute Gasteiger partial charge is 0.378 e. The van der Waals surface area contributed by atoms with Gasteiger partial charge in [-0.3, -0.25) is 9.59 Å². The van der Waals surface area contributed by atoms with Crippen LogP contribution >= 0.6 is 0 Å². The Morgan fingerprint density at radius 1 is 1.14 bits per heavy atom. The van der Waals surface area contributed by atoms with E-state index in [-0.39, 0.29) is 30.5 Å². The van der Waals surface area contributed by atoms with Gasteiger partial charge >= 0.3 is 0 Å². The van der Waals surface area contributed by atoms with Gasteiger partial charge in [0, 0.05) is 46.3 Å². The SMILES string of the molecule is Cc1ccc(N2CC(C(=O)N(C)Cc3ccc(N(C)C)cc3)CC2=O)c(F)c1. The van der Waals surface area contributed by atoms with Crippen molar-refractivity contribution >= 4 is 23.2 Å². The van der Waals surface area contributed by atoms with E-state index in [1.807, 2.05) is 43.3 Å². The summed E-state index contributed by atoms with van der Waals surface area (Å²) >= 11 is 0. The van der Waals surface area contributed by atoms with Crippen LogP contribution in [0, 0.1) is 18.7 Å². The predicted octanol–water partition coefficient (Wildman–Crippen LogP) is 3.21. The molecule has 0 N–H and O–H groups in total. The standard InChI is InChI=1S/C22H26FN3O2/c1-15-5-10-20(19(23)11-15)26-14-17(12-21(26)27)22(28)25(4)13-16-6-8-18(9-7-16)24(2)3/h5-11,17H,12-14H2,1-4H3. The molecule has 0 bridgehead atoms. The highest BCUT2D eigenvalue weighted by atomic mass is 19.1. The van der Waals surface area contributed by atoms with Gasteiger partial charge in [-0.05, 0) is 42.3 Å². The number of aryl methyl sites for hydroxylation is 1. The van der Waals surface area contributed by atoms with Crippen LogP contribution in [0.5, 0.6) is 0 Å². The Morgan fingerprint density at radius 3 is 2.43 bits per heavy atom. The van der Waals surface area contributed by atoms with E-state index in [4.69, 9.17) is 0 Å². The normalized spacial score (nSPS) is 16.4. The summed E-state index contributed by atoms with van der Waals surface area (Å²) in [6.45, 7) is 2.47. The summed E-state index contributed by atoms with van der Waals surface area (Å²) in [6, 6.07) is 12.8. The van der Waals surface area contributed by atoms with E-state index < -0.39 is 11.7 Å². The zero-order valence-corrected chi connectivity index (χ0v) is 16.8. The van der Waals surface area contributed by atoms with Crippen molar-refractivity contribution in [2.24, 2.45) is 5.92 Å². The van der Waals surface area contributed by atoms with Gasteiger partial charge in [-0.25, -0.2) is 4.39 Å². The number of amides is 2. The molecule has 148 valence electrons. The lowest BCUT2D eigenvalue weighted by Crippen LogP contribution is -2.34. The van der Waals surface area contributed by atoms with Crippen LogP contribution < -0.4 is 9.80 Å². The lowest BCUT2D eigenvalue weighted by atomic mass is 10.1. The lowest BCUT2D eigenvalue weighted by molar-refractivity contribution is -0.135. The van der Waals surface area contributed by atoms with Gasteiger partial charge in [-0.15, -0.1) is 0 Å². The van der Waals surface area contributed by atoms with Gasteiger partial charge in [-0.2, -0.15) is 0 Å². The third-order valence-electron chi connectivity index (χ3n) is 5.12. The Labute approximate surface area is 165 Å². The highest BCUT2D eigenvalue weighted by molar-refractivity contribution is 6.00. The van der Waals surface area contributed by atoms with Gasteiger partial charge < -0.3 is 14.7 Å². The van der Waals surface area contributed by atoms with E-state index in [0.717, 1.165) is 16.8 Å². The van der Waals surface area contributed by atoms with Crippen molar-refractivity contribution in [2.75, 3.05) is 37.5 Å². The average molecular weight is 383 g/mol. The summed E-state index contributed by atoms with van der Waals surface area (Å²) in [5.74, 6) is -1.21. The van der Waals surface area contributed by atoms with E-state index in [2.05, 4.69) is 0 Å². The summed E-state index contributed by atoms with van der Waals surface area (Å²) in [4.78, 5) is 30.3. The number of rotatable bonds is 5. The van der Waals surface area contributed by atoms with Crippen molar-refractivity contribution < 1.29 is 14.0 Å². The third-order valence-corrected chi connectivity index (χ3v) is 5.12. The fourth-order valence-corrected chi connectivity index (χ4v) is 3.50. The minimum atomic E-state index is -0.459. The van der Waals surface area contributed by atoms with E-state index in [1.54, 1.807) is 31.0 Å². The number of hydrogen-bond acceptors (Lipinski definition) is 3. The molecule has 1 fully saturated rings. The molecular weight excluding hydrogens is 357 g/mol. The molecule has 28 heavy (non-hydrogen) atoms. The lowest BCUT2D eigenvalue weighted by Gasteiger charge is -2.22. The highest BCUT2D eigenvalue weighted by Crippen LogP contribution is 2.29. The molecule has 0 aromatic heterocycles. The second-order valence-corrected chi connectivity index (χ2v) is 7.62. The number of anilines is 2. The molecule has 3 rings (SSSR count). The van der Waals surface area contributed by atoms with E-state index in [9.17, 15) is 14.0 Å². The number of nitrogens with zero attached hydrogens (tertiary/aromatic N) is 3. The molecule has 0 spiro atoms. The molecule has 0 radical (unpaired) electrons. The first kappa shape index (κ1) is 19.9. The third kappa shape index (κ3) is 4.16. The molecule has 2 aromatic rings. The van der Waals surface area contributed by atoms with Gasteiger partial charge in [0.1, 0.15) is 5.82 Å². The molecule has 1 saturated heterocycles. The first-order valence-electron chi connectivity index (χ1n) is 9.34. The van der Waals surface area contributed by atoms with Gasteiger partial charge in [0.05, 0.1) is 11.6 Å². The summed E-state index contributed by atoms with van der Waals surface area (Å²) in [5, 5.41) is 0. The molecule has 0 aliphatic carbocycles. The molecule has 1 unspecified atom stereocenters. The second kappa shape index (κ2) is 8.00. The Hall–Kier alpha value is -2.89. The Bertz CT molecular complexity index is 880. The van der Waals surface area contributed by atoms with Crippen LogP contribution in [0.3, 0.4) is 0 Å². The van der Waals surface area contributed by atoms with Crippen LogP contribution in [0.2, 0.25) is 0 Å². The average Bonchev–Trinajstić information content (AvgIpc) is 3.03. The van der Waals surface area contributed by atoms with Crippen molar-refractivity contribution in [3.05, 3.63) is 59.4 Å². The molecule has 2 amide bonds. The van der Waals surface area contributed by atoms with Gasteiger partial charge in [-0.1, -0.05) is 18.2 Å². The fourth-order valence-electron chi connectivity index (χ4n) is 3.50. The molecule has 2 aromatic carbocycles. The summed E-state index contributed by atoms with van der Waals surface area (Å²) in [7, 11) is 5.69. The van der Waals surface area contributed by atoms with Gasteiger partial charge in [0.15, 0.2) is 0 Å². The number of halogens is 1. The summed E-state index contributed by atoms with van der Waals surface area (Å²) in [6.07, 6.45) is 0.107. The van der Waals surface area contributed by atoms with Crippen LogP contribution in [0.1, 0.15) is 17.5 Å². The van der Waals surface area contributed by atoms with Crippen LogP contribution in [-0.2, 0) is 16.1 Å². The molecule has 5 nitrogen and oxygen atoms in total. The number of carbonyl (C=O) groups is 2. The van der Waals surface area contributed by atoms with E-state index >= 15 is 0 Å². The van der Waals surface area contributed by atoms with Crippen LogP contribution in [-0.4, -0.2) is 44.4 Å². The minimum absolute atomic E-state index is 0.0972. The zero-order valence-electron chi connectivity index (χ0n) is 16.8. The summed E-state index contributed by atoms with van der Waals surface area (Å²) < 4.78 is 14.2. The Kier molecular flexibility index (Phi) is 5.68. The monoisotopic (exact) mass is 383 g/mol.